The maximum Gasteiger partial charge on any atom is 0.346 e. The number of ether oxygens (including phenoxy) is 3. The Hall–Kier alpha value is -2.26. The van der Waals surface area contributed by atoms with E-state index in [-0.39, 0.29) is 28.0 Å². The molecule has 2 atom stereocenters. The number of fused-ring (bicyclic) bond motifs is 1. The van der Waals surface area contributed by atoms with E-state index in [9.17, 15) is 9.00 Å². The summed E-state index contributed by atoms with van der Waals surface area (Å²) in [6.07, 6.45) is 1.38. The molecule has 0 radical (unpaired) electrons. The quantitative estimate of drug-likeness (QED) is 0.532. The first kappa shape index (κ1) is 20.5. The molecule has 1 aromatic heterocycles. The van der Waals surface area contributed by atoms with Crippen molar-refractivity contribution in [2.75, 3.05) is 39.4 Å². The van der Waals surface area contributed by atoms with Crippen molar-refractivity contribution in [3.05, 3.63) is 27.1 Å². The number of hydrogen-bond acceptors (Lipinski definition) is 8. The fourth-order valence-electron chi connectivity index (χ4n) is 3.04. The van der Waals surface area contributed by atoms with Crippen molar-refractivity contribution in [3.8, 4) is 17.2 Å². The minimum atomic E-state index is -0.839. The molecular formula is C18H21ClN2O6S. The second-order valence-electron chi connectivity index (χ2n) is 6.21. The Balaban J connectivity index is 2.11. The van der Waals surface area contributed by atoms with Crippen molar-refractivity contribution in [1.29, 1.82) is 0 Å². The van der Waals surface area contributed by atoms with E-state index in [4.69, 9.17) is 30.2 Å². The third kappa shape index (κ3) is 3.68. The predicted molar refractivity (Wildman–Crippen MR) is 109 cm³/mol. The standard InChI is InChI=1S/C18H21ClN2O6S/c1-10-9-28(23)6-5-21(10)20-8-12-14(19)11-7-13(24-2)16(25-3)17(26-4)15(11)27-18(12)22/h7-8,10H,5-6,9H2,1-4H3. The molecule has 152 valence electrons. The van der Waals surface area contributed by atoms with Gasteiger partial charge in [0.05, 0.1) is 44.2 Å². The highest BCUT2D eigenvalue weighted by Gasteiger charge is 2.24. The lowest BCUT2D eigenvalue weighted by Gasteiger charge is -2.30. The molecule has 0 bridgehead atoms. The van der Waals surface area contributed by atoms with Gasteiger partial charge in [-0.3, -0.25) is 9.22 Å². The Kier molecular flexibility index (Phi) is 6.14. The van der Waals surface area contributed by atoms with Crippen molar-refractivity contribution in [1.82, 2.24) is 5.01 Å². The minimum Gasteiger partial charge on any atom is -0.493 e. The Morgan fingerprint density at radius 2 is 2.00 bits per heavy atom. The van der Waals surface area contributed by atoms with Crippen molar-refractivity contribution in [2.24, 2.45) is 5.10 Å². The topological polar surface area (TPSA) is 90.6 Å². The number of rotatable bonds is 5. The van der Waals surface area contributed by atoms with Crippen molar-refractivity contribution < 1.29 is 22.8 Å². The van der Waals surface area contributed by atoms with Crippen LogP contribution < -0.4 is 19.8 Å². The maximum absolute atomic E-state index is 12.5. The van der Waals surface area contributed by atoms with Crippen molar-refractivity contribution >= 4 is 39.6 Å². The minimum absolute atomic E-state index is 0.00144. The van der Waals surface area contributed by atoms with E-state index in [0.29, 0.717) is 34.9 Å². The lowest BCUT2D eigenvalue weighted by molar-refractivity contribution is 0.243. The van der Waals surface area contributed by atoms with E-state index < -0.39 is 16.4 Å². The van der Waals surface area contributed by atoms with Crippen LogP contribution in [0.5, 0.6) is 17.2 Å². The lowest BCUT2D eigenvalue weighted by atomic mass is 10.1. The third-order valence-electron chi connectivity index (χ3n) is 4.49. The number of hydrazone groups is 1. The zero-order chi connectivity index (χ0) is 20.4. The first-order valence-corrected chi connectivity index (χ1v) is 10.4. The summed E-state index contributed by atoms with van der Waals surface area (Å²) >= 11 is 6.51. The molecule has 0 amide bonds. The zero-order valence-electron chi connectivity index (χ0n) is 16.0. The van der Waals surface area contributed by atoms with Gasteiger partial charge in [-0.15, -0.1) is 0 Å². The Morgan fingerprint density at radius 3 is 2.61 bits per heavy atom. The van der Waals surface area contributed by atoms with Crippen LogP contribution in [-0.2, 0) is 10.8 Å². The van der Waals surface area contributed by atoms with E-state index in [1.54, 1.807) is 11.1 Å². The molecule has 2 aromatic rings. The molecule has 1 aliphatic rings. The van der Waals surface area contributed by atoms with Crippen molar-refractivity contribution in [3.63, 3.8) is 0 Å². The molecule has 0 spiro atoms. The van der Waals surface area contributed by atoms with Crippen LogP contribution in [0, 0.1) is 0 Å². The Bertz CT molecular complexity index is 1010. The molecule has 1 saturated heterocycles. The van der Waals surface area contributed by atoms with E-state index >= 15 is 0 Å². The molecule has 0 saturated carbocycles. The summed E-state index contributed by atoms with van der Waals surface area (Å²) in [6.45, 7) is 2.47. The van der Waals surface area contributed by atoms with Crippen LogP contribution in [-0.4, -0.2) is 60.9 Å². The van der Waals surface area contributed by atoms with Crippen LogP contribution in [0.15, 0.2) is 20.4 Å². The van der Waals surface area contributed by atoms with Gasteiger partial charge in [0.25, 0.3) is 0 Å². The van der Waals surface area contributed by atoms with Crippen LogP contribution in [0.4, 0.5) is 0 Å². The van der Waals surface area contributed by atoms with E-state index in [0.717, 1.165) is 0 Å². The van der Waals surface area contributed by atoms with E-state index in [1.807, 2.05) is 6.92 Å². The highest BCUT2D eigenvalue weighted by atomic mass is 35.5. The molecule has 28 heavy (non-hydrogen) atoms. The highest BCUT2D eigenvalue weighted by molar-refractivity contribution is 7.85. The summed E-state index contributed by atoms with van der Waals surface area (Å²) in [6, 6.07) is 1.62. The van der Waals surface area contributed by atoms with Gasteiger partial charge in [0.1, 0.15) is 0 Å². The molecule has 2 unspecified atom stereocenters. The number of benzene rings is 1. The highest BCUT2D eigenvalue weighted by Crippen LogP contribution is 2.44. The van der Waals surface area contributed by atoms with E-state index in [1.165, 1.54) is 27.5 Å². The third-order valence-corrected chi connectivity index (χ3v) is 6.39. The SMILES string of the molecule is COc1cc2c(Cl)c(C=NN3CCS(=O)CC3C)c(=O)oc2c(OC)c1OC. The van der Waals surface area contributed by atoms with Crippen LogP contribution >= 0.6 is 11.6 Å². The van der Waals surface area contributed by atoms with Gasteiger partial charge in [0.15, 0.2) is 11.3 Å². The van der Waals surface area contributed by atoms with Crippen LogP contribution in [0.2, 0.25) is 5.02 Å². The smallest absolute Gasteiger partial charge is 0.346 e. The number of hydrogen-bond donors (Lipinski definition) is 0. The molecule has 3 rings (SSSR count). The molecule has 1 fully saturated rings. The van der Waals surface area contributed by atoms with Crippen molar-refractivity contribution in [2.45, 2.75) is 13.0 Å². The summed E-state index contributed by atoms with van der Waals surface area (Å²) in [5.74, 6) is 1.97. The molecular weight excluding hydrogens is 408 g/mol. The Labute approximate surface area is 169 Å². The summed E-state index contributed by atoms with van der Waals surface area (Å²) < 4.78 is 33.1. The maximum atomic E-state index is 12.5. The molecule has 0 N–H and O–H groups in total. The largest absolute Gasteiger partial charge is 0.493 e. The van der Waals surface area contributed by atoms with Gasteiger partial charge in [-0.2, -0.15) is 5.10 Å². The van der Waals surface area contributed by atoms with Gasteiger partial charge < -0.3 is 18.6 Å². The first-order valence-electron chi connectivity index (χ1n) is 8.52. The number of halogens is 1. The van der Waals surface area contributed by atoms with E-state index in [2.05, 4.69) is 5.10 Å². The summed E-state index contributed by atoms with van der Waals surface area (Å²) in [5, 5.41) is 6.75. The zero-order valence-corrected chi connectivity index (χ0v) is 17.6. The summed E-state index contributed by atoms with van der Waals surface area (Å²) in [7, 11) is 3.54. The molecule has 0 aliphatic carbocycles. The monoisotopic (exact) mass is 428 g/mol. The summed E-state index contributed by atoms with van der Waals surface area (Å²) in [4.78, 5) is 12.5. The lowest BCUT2D eigenvalue weighted by Crippen LogP contribution is -2.41. The van der Waals surface area contributed by atoms with Gasteiger partial charge in [0, 0.05) is 34.2 Å². The van der Waals surface area contributed by atoms with Gasteiger partial charge in [0.2, 0.25) is 11.5 Å². The predicted octanol–water partition coefficient (Wildman–Crippen LogP) is 2.26. The number of methoxy groups -OCH3 is 3. The van der Waals surface area contributed by atoms with Crippen LogP contribution in [0.1, 0.15) is 12.5 Å². The Morgan fingerprint density at radius 1 is 1.29 bits per heavy atom. The summed E-state index contributed by atoms with van der Waals surface area (Å²) in [5.41, 5.74) is -0.378. The van der Waals surface area contributed by atoms with Crippen LogP contribution in [0.3, 0.4) is 0 Å². The second kappa shape index (κ2) is 8.40. The molecule has 2 heterocycles. The average molecular weight is 429 g/mol. The normalized spacial score (nSPS) is 20.0. The molecule has 1 aliphatic heterocycles. The average Bonchev–Trinajstić information content (AvgIpc) is 2.67. The number of nitrogens with zero attached hydrogens (tertiary/aromatic N) is 2. The van der Waals surface area contributed by atoms with Gasteiger partial charge in [-0.25, -0.2) is 4.79 Å². The molecule has 10 heteroatoms. The fraction of sp³-hybridized carbons (Fsp3) is 0.444. The van der Waals surface area contributed by atoms with Gasteiger partial charge in [-0.05, 0) is 13.0 Å². The van der Waals surface area contributed by atoms with Crippen LogP contribution in [0.25, 0.3) is 11.0 Å². The molecule has 1 aromatic carbocycles. The van der Waals surface area contributed by atoms with Gasteiger partial charge in [-0.1, -0.05) is 11.6 Å². The molecule has 8 nitrogen and oxygen atoms in total. The second-order valence-corrected chi connectivity index (χ2v) is 8.21. The fourth-order valence-corrected chi connectivity index (χ4v) is 4.58. The first-order chi connectivity index (χ1) is 13.4. The van der Waals surface area contributed by atoms with Gasteiger partial charge >= 0.3 is 5.63 Å².